The summed E-state index contributed by atoms with van der Waals surface area (Å²) in [5.74, 6) is 0.587. The van der Waals surface area contributed by atoms with Gasteiger partial charge in [0.05, 0.1) is 12.0 Å². The third kappa shape index (κ3) is 6.29. The fraction of sp³-hybridized carbons (Fsp3) is 0.154. The van der Waals surface area contributed by atoms with E-state index in [0.717, 1.165) is 28.1 Å². The Bertz CT molecular complexity index is 1320. The average molecular weight is 505 g/mol. The van der Waals surface area contributed by atoms with Crippen LogP contribution in [0.4, 0.5) is 5.69 Å². The van der Waals surface area contributed by atoms with Crippen LogP contribution in [0.25, 0.3) is 17.1 Å². The van der Waals surface area contributed by atoms with Crippen molar-refractivity contribution in [3.8, 4) is 17.1 Å². The second kappa shape index (κ2) is 11.2. The number of halogens is 1. The summed E-state index contributed by atoms with van der Waals surface area (Å²) >= 11 is 7.38. The van der Waals surface area contributed by atoms with Crippen LogP contribution in [0.3, 0.4) is 0 Å². The van der Waals surface area contributed by atoms with E-state index in [9.17, 15) is 4.79 Å². The predicted molar refractivity (Wildman–Crippen MR) is 144 cm³/mol. The molecule has 0 atom stereocenters. The van der Waals surface area contributed by atoms with Crippen molar-refractivity contribution in [1.29, 1.82) is 0 Å². The molecule has 1 aromatic heterocycles. The van der Waals surface area contributed by atoms with Crippen molar-refractivity contribution in [2.24, 2.45) is 5.10 Å². The van der Waals surface area contributed by atoms with E-state index in [4.69, 9.17) is 11.6 Å². The van der Waals surface area contributed by atoms with Gasteiger partial charge in [-0.2, -0.15) is 5.10 Å². The van der Waals surface area contributed by atoms with Gasteiger partial charge in [0.1, 0.15) is 0 Å². The second-order valence-corrected chi connectivity index (χ2v) is 9.43. The molecule has 0 aliphatic carbocycles. The molecule has 1 amide bonds. The van der Waals surface area contributed by atoms with Gasteiger partial charge in [-0.25, -0.2) is 5.43 Å². The van der Waals surface area contributed by atoms with E-state index >= 15 is 0 Å². The summed E-state index contributed by atoms with van der Waals surface area (Å²) in [6.07, 6.45) is 1.62. The van der Waals surface area contributed by atoms with Gasteiger partial charge in [-0.1, -0.05) is 65.3 Å². The largest absolute Gasteiger partial charge is 0.378 e. The number of hydrogen-bond donors (Lipinski definition) is 1. The highest BCUT2D eigenvalue weighted by atomic mass is 35.5. The summed E-state index contributed by atoms with van der Waals surface area (Å²) in [6.45, 7) is 2.04. The van der Waals surface area contributed by atoms with Crippen LogP contribution in [-0.4, -0.2) is 46.7 Å². The quantitative estimate of drug-likeness (QED) is 0.203. The third-order valence-electron chi connectivity index (χ3n) is 5.17. The fourth-order valence-corrected chi connectivity index (χ4v) is 4.15. The van der Waals surface area contributed by atoms with E-state index in [2.05, 4.69) is 20.7 Å². The molecule has 0 aliphatic rings. The van der Waals surface area contributed by atoms with E-state index in [0.29, 0.717) is 16.0 Å². The summed E-state index contributed by atoms with van der Waals surface area (Å²) in [7, 11) is 3.97. The van der Waals surface area contributed by atoms with Crippen molar-refractivity contribution < 1.29 is 4.79 Å². The number of hydrazone groups is 1. The summed E-state index contributed by atoms with van der Waals surface area (Å²) in [4.78, 5) is 14.5. The normalized spacial score (nSPS) is 11.1. The molecule has 4 aromatic rings. The van der Waals surface area contributed by atoms with Gasteiger partial charge < -0.3 is 4.90 Å². The summed E-state index contributed by atoms with van der Waals surface area (Å²) in [6, 6.07) is 23.4. The Labute approximate surface area is 213 Å². The standard InChI is InChI=1S/C26H25ClN6OS/c1-18-4-8-20(9-5-18)25-30-31-26(33(25)23-14-10-21(27)11-15-23)35-17-24(34)29-28-16-19-6-12-22(13-7-19)32(2)3/h4-16H,17H2,1-3H3,(H,29,34)/b28-16+. The Morgan fingerprint density at radius 3 is 2.37 bits per heavy atom. The maximum absolute atomic E-state index is 12.4. The summed E-state index contributed by atoms with van der Waals surface area (Å²) in [5, 5.41) is 14.1. The maximum Gasteiger partial charge on any atom is 0.250 e. The zero-order valence-electron chi connectivity index (χ0n) is 19.6. The first-order chi connectivity index (χ1) is 16.9. The van der Waals surface area contributed by atoms with Crippen LogP contribution in [0, 0.1) is 6.92 Å². The molecule has 0 saturated heterocycles. The average Bonchev–Trinajstić information content (AvgIpc) is 3.28. The highest BCUT2D eigenvalue weighted by Crippen LogP contribution is 2.28. The van der Waals surface area contributed by atoms with Gasteiger partial charge in [0.25, 0.3) is 5.91 Å². The Balaban J connectivity index is 1.47. The third-order valence-corrected chi connectivity index (χ3v) is 6.35. The van der Waals surface area contributed by atoms with Crippen LogP contribution in [0.2, 0.25) is 5.02 Å². The van der Waals surface area contributed by atoms with Gasteiger partial charge in [-0.15, -0.1) is 10.2 Å². The number of nitrogens with zero attached hydrogens (tertiary/aromatic N) is 5. The molecule has 3 aromatic carbocycles. The zero-order valence-corrected chi connectivity index (χ0v) is 21.2. The Hall–Kier alpha value is -3.62. The number of benzene rings is 3. The Morgan fingerprint density at radius 1 is 1.03 bits per heavy atom. The number of carbonyl (C=O) groups excluding carboxylic acids is 1. The monoisotopic (exact) mass is 504 g/mol. The first-order valence-electron chi connectivity index (χ1n) is 10.9. The lowest BCUT2D eigenvalue weighted by atomic mass is 10.1. The minimum Gasteiger partial charge on any atom is -0.378 e. The maximum atomic E-state index is 12.4. The number of rotatable bonds is 8. The van der Waals surface area contributed by atoms with Gasteiger partial charge >= 0.3 is 0 Å². The SMILES string of the molecule is Cc1ccc(-c2nnc(SCC(=O)N/N=C/c3ccc(N(C)C)cc3)n2-c2ccc(Cl)cc2)cc1. The lowest BCUT2D eigenvalue weighted by Gasteiger charge is -2.11. The molecule has 0 saturated carbocycles. The molecule has 0 fully saturated rings. The van der Waals surface area contributed by atoms with Crippen molar-refractivity contribution in [3.05, 3.63) is 88.9 Å². The molecule has 0 spiro atoms. The number of anilines is 1. The molecule has 178 valence electrons. The predicted octanol–water partition coefficient (Wildman–Crippen LogP) is 5.20. The number of amides is 1. The van der Waals surface area contributed by atoms with Crippen LogP contribution in [-0.2, 0) is 4.79 Å². The molecule has 1 heterocycles. The molecule has 0 radical (unpaired) electrons. The van der Waals surface area contributed by atoms with E-state index in [-0.39, 0.29) is 11.7 Å². The number of thioether (sulfide) groups is 1. The number of aryl methyl sites for hydroxylation is 1. The van der Waals surface area contributed by atoms with Crippen LogP contribution < -0.4 is 10.3 Å². The van der Waals surface area contributed by atoms with Crippen molar-refractivity contribution >= 4 is 41.2 Å². The second-order valence-electron chi connectivity index (χ2n) is 8.05. The zero-order chi connectivity index (χ0) is 24.8. The van der Waals surface area contributed by atoms with Crippen LogP contribution in [0.1, 0.15) is 11.1 Å². The molecule has 0 aliphatic heterocycles. The van der Waals surface area contributed by atoms with Crippen molar-refractivity contribution in [3.63, 3.8) is 0 Å². The highest BCUT2D eigenvalue weighted by molar-refractivity contribution is 7.99. The highest BCUT2D eigenvalue weighted by Gasteiger charge is 2.17. The van der Waals surface area contributed by atoms with Gasteiger partial charge in [-0.3, -0.25) is 9.36 Å². The number of hydrogen-bond acceptors (Lipinski definition) is 6. The van der Waals surface area contributed by atoms with Crippen molar-refractivity contribution in [2.75, 3.05) is 24.7 Å². The smallest absolute Gasteiger partial charge is 0.250 e. The molecular formula is C26H25ClN6OS. The molecule has 4 rings (SSSR count). The molecule has 1 N–H and O–H groups in total. The van der Waals surface area contributed by atoms with E-state index < -0.39 is 0 Å². The Kier molecular flexibility index (Phi) is 7.84. The first-order valence-corrected chi connectivity index (χ1v) is 12.3. The number of carbonyl (C=O) groups is 1. The van der Waals surface area contributed by atoms with Gasteiger partial charge in [-0.05, 0) is 48.9 Å². The minimum absolute atomic E-state index is 0.135. The number of nitrogens with one attached hydrogen (secondary N) is 1. The molecule has 35 heavy (non-hydrogen) atoms. The molecule has 0 unspecified atom stereocenters. The van der Waals surface area contributed by atoms with E-state index in [1.54, 1.807) is 6.21 Å². The summed E-state index contributed by atoms with van der Waals surface area (Å²) in [5.41, 5.74) is 7.51. The van der Waals surface area contributed by atoms with Gasteiger partial charge in [0.15, 0.2) is 11.0 Å². The lowest BCUT2D eigenvalue weighted by Crippen LogP contribution is -2.20. The molecular weight excluding hydrogens is 480 g/mol. The molecule has 0 bridgehead atoms. The van der Waals surface area contributed by atoms with Gasteiger partial charge in [0.2, 0.25) is 0 Å². The van der Waals surface area contributed by atoms with Crippen LogP contribution >= 0.6 is 23.4 Å². The first kappa shape index (κ1) is 24.5. The molecule has 7 nitrogen and oxygen atoms in total. The Morgan fingerprint density at radius 2 is 1.71 bits per heavy atom. The summed E-state index contributed by atoms with van der Waals surface area (Å²) < 4.78 is 1.93. The minimum atomic E-state index is -0.237. The lowest BCUT2D eigenvalue weighted by molar-refractivity contribution is -0.118. The van der Waals surface area contributed by atoms with Crippen LogP contribution in [0.15, 0.2) is 83.1 Å². The topological polar surface area (TPSA) is 75.4 Å². The molecule has 9 heteroatoms. The van der Waals surface area contributed by atoms with E-state index in [1.807, 2.05) is 103 Å². The van der Waals surface area contributed by atoms with E-state index in [1.165, 1.54) is 11.8 Å². The fourth-order valence-electron chi connectivity index (χ4n) is 3.28. The van der Waals surface area contributed by atoms with Crippen molar-refractivity contribution in [1.82, 2.24) is 20.2 Å². The van der Waals surface area contributed by atoms with Crippen molar-refractivity contribution in [2.45, 2.75) is 12.1 Å². The van der Waals surface area contributed by atoms with Gasteiger partial charge in [0, 0.05) is 36.1 Å². The number of aromatic nitrogens is 3. The van der Waals surface area contributed by atoms with Crippen LogP contribution in [0.5, 0.6) is 0 Å².